The molecular weight excluding hydrogens is 359 g/mol. The Kier molecular flexibility index (Phi) is 5.01. The van der Waals surface area contributed by atoms with Gasteiger partial charge in [0, 0.05) is 18.2 Å². The topological polar surface area (TPSA) is 56.1 Å². The lowest BCUT2D eigenvalue weighted by atomic mass is 10.2. The second-order valence-electron chi connectivity index (χ2n) is 5.64. The highest BCUT2D eigenvalue weighted by Gasteiger charge is 2.40. The standard InChI is InChI=1S/C16H15ClF3N3O2/c17-10-3-1-4-11(7-10)23-14(16(18,19)20)13(9-22-23)15(24)21-8-12-5-2-6-25-12/h1,3-4,7,9,12H,2,5-6,8H2,(H,21,24)/t12-/m0/s1. The Morgan fingerprint density at radius 2 is 2.24 bits per heavy atom. The molecule has 0 radical (unpaired) electrons. The van der Waals surface area contributed by atoms with E-state index in [0.717, 1.165) is 19.0 Å². The molecule has 1 N–H and O–H groups in total. The van der Waals surface area contributed by atoms with Crippen LogP contribution in [0.3, 0.4) is 0 Å². The second kappa shape index (κ2) is 7.05. The minimum atomic E-state index is -4.75. The lowest BCUT2D eigenvalue weighted by Gasteiger charge is -2.14. The van der Waals surface area contributed by atoms with Crippen LogP contribution >= 0.6 is 11.6 Å². The minimum Gasteiger partial charge on any atom is -0.376 e. The van der Waals surface area contributed by atoms with Crippen LogP contribution in [0, 0.1) is 0 Å². The first-order valence-electron chi connectivity index (χ1n) is 7.67. The van der Waals surface area contributed by atoms with Gasteiger partial charge in [-0.3, -0.25) is 4.79 Å². The number of nitrogens with zero attached hydrogens (tertiary/aromatic N) is 2. The van der Waals surface area contributed by atoms with E-state index in [0.29, 0.717) is 11.3 Å². The van der Waals surface area contributed by atoms with E-state index in [2.05, 4.69) is 10.4 Å². The summed E-state index contributed by atoms with van der Waals surface area (Å²) in [7, 11) is 0. The summed E-state index contributed by atoms with van der Waals surface area (Å²) in [5.74, 6) is -0.837. The van der Waals surface area contributed by atoms with Gasteiger partial charge in [0.25, 0.3) is 5.91 Å². The number of alkyl halides is 3. The lowest BCUT2D eigenvalue weighted by Crippen LogP contribution is -2.33. The third kappa shape index (κ3) is 3.96. The average Bonchev–Trinajstić information content (AvgIpc) is 3.21. The first kappa shape index (κ1) is 17.8. The molecule has 1 aliphatic heterocycles. The zero-order valence-corrected chi connectivity index (χ0v) is 13.8. The molecule has 0 saturated carbocycles. The summed E-state index contributed by atoms with van der Waals surface area (Å²) in [6.07, 6.45) is -2.36. The third-order valence-corrected chi connectivity index (χ3v) is 4.08. The summed E-state index contributed by atoms with van der Waals surface area (Å²) >= 11 is 5.84. The summed E-state index contributed by atoms with van der Waals surface area (Å²) in [6, 6.07) is 5.83. The zero-order chi connectivity index (χ0) is 18.0. The molecule has 2 heterocycles. The number of ether oxygens (including phenoxy) is 1. The van der Waals surface area contributed by atoms with Crippen molar-refractivity contribution in [3.05, 3.63) is 46.7 Å². The zero-order valence-electron chi connectivity index (χ0n) is 13.0. The number of aromatic nitrogens is 2. The van der Waals surface area contributed by atoms with Gasteiger partial charge in [0.1, 0.15) is 0 Å². The minimum absolute atomic E-state index is 0.123. The molecule has 5 nitrogen and oxygen atoms in total. The van der Waals surface area contributed by atoms with E-state index in [-0.39, 0.29) is 23.4 Å². The molecule has 134 valence electrons. The molecule has 1 fully saturated rings. The highest BCUT2D eigenvalue weighted by Crippen LogP contribution is 2.34. The first-order valence-corrected chi connectivity index (χ1v) is 8.05. The van der Waals surface area contributed by atoms with Gasteiger partial charge in [0.2, 0.25) is 0 Å². The molecular formula is C16H15ClF3N3O2. The average molecular weight is 374 g/mol. The van der Waals surface area contributed by atoms with Crippen molar-refractivity contribution in [2.24, 2.45) is 0 Å². The monoisotopic (exact) mass is 373 g/mol. The number of benzene rings is 1. The van der Waals surface area contributed by atoms with Gasteiger partial charge in [0.05, 0.1) is 23.6 Å². The van der Waals surface area contributed by atoms with Crippen molar-refractivity contribution in [3.8, 4) is 5.69 Å². The fourth-order valence-electron chi connectivity index (χ4n) is 2.70. The SMILES string of the molecule is O=C(NC[C@@H]1CCCO1)c1cnn(-c2cccc(Cl)c2)c1C(F)(F)F. The van der Waals surface area contributed by atoms with Gasteiger partial charge in [-0.15, -0.1) is 0 Å². The number of amides is 1. The van der Waals surface area contributed by atoms with Crippen molar-refractivity contribution in [1.29, 1.82) is 0 Å². The summed E-state index contributed by atoms with van der Waals surface area (Å²) in [5, 5.41) is 6.50. The molecule has 1 aromatic heterocycles. The summed E-state index contributed by atoms with van der Waals surface area (Å²) in [6.45, 7) is 0.763. The molecule has 3 rings (SSSR count). The number of carbonyl (C=O) groups is 1. The Morgan fingerprint density at radius 3 is 2.88 bits per heavy atom. The van der Waals surface area contributed by atoms with Crippen molar-refractivity contribution in [2.45, 2.75) is 25.1 Å². The molecule has 0 spiro atoms. The largest absolute Gasteiger partial charge is 0.434 e. The van der Waals surface area contributed by atoms with Crippen LogP contribution in [0.15, 0.2) is 30.5 Å². The highest BCUT2D eigenvalue weighted by atomic mass is 35.5. The van der Waals surface area contributed by atoms with Crippen molar-refractivity contribution in [1.82, 2.24) is 15.1 Å². The van der Waals surface area contributed by atoms with E-state index in [1.165, 1.54) is 24.3 Å². The molecule has 1 atom stereocenters. The fourth-order valence-corrected chi connectivity index (χ4v) is 2.88. The predicted molar refractivity (Wildman–Crippen MR) is 84.9 cm³/mol. The smallest absolute Gasteiger partial charge is 0.376 e. The number of halogens is 4. The van der Waals surface area contributed by atoms with Crippen LogP contribution in [0.5, 0.6) is 0 Å². The normalized spacial score (nSPS) is 17.7. The third-order valence-electron chi connectivity index (χ3n) is 3.85. The molecule has 1 amide bonds. The Bertz CT molecular complexity index is 770. The number of hydrogen-bond donors (Lipinski definition) is 1. The number of hydrogen-bond acceptors (Lipinski definition) is 3. The summed E-state index contributed by atoms with van der Waals surface area (Å²) in [5.41, 5.74) is -1.55. The van der Waals surface area contributed by atoms with Crippen LogP contribution in [-0.2, 0) is 10.9 Å². The van der Waals surface area contributed by atoms with E-state index in [4.69, 9.17) is 16.3 Å². The molecule has 0 bridgehead atoms. The van der Waals surface area contributed by atoms with Crippen LogP contribution in [0.1, 0.15) is 28.9 Å². The Balaban J connectivity index is 1.90. The Morgan fingerprint density at radius 1 is 1.44 bits per heavy atom. The molecule has 1 saturated heterocycles. The second-order valence-corrected chi connectivity index (χ2v) is 6.08. The molecule has 0 aliphatic carbocycles. The van der Waals surface area contributed by atoms with Gasteiger partial charge in [0.15, 0.2) is 5.69 Å². The van der Waals surface area contributed by atoms with Gasteiger partial charge in [-0.1, -0.05) is 17.7 Å². The molecule has 9 heteroatoms. The van der Waals surface area contributed by atoms with E-state index >= 15 is 0 Å². The van der Waals surface area contributed by atoms with Crippen molar-refractivity contribution in [2.75, 3.05) is 13.2 Å². The van der Waals surface area contributed by atoms with Crippen LogP contribution in [-0.4, -0.2) is 34.9 Å². The fraction of sp³-hybridized carbons (Fsp3) is 0.375. The predicted octanol–water partition coefficient (Wildman–Crippen LogP) is 3.45. The van der Waals surface area contributed by atoms with Crippen molar-refractivity contribution in [3.63, 3.8) is 0 Å². The maximum absolute atomic E-state index is 13.5. The first-order chi connectivity index (χ1) is 11.9. The van der Waals surface area contributed by atoms with E-state index in [1.807, 2.05) is 0 Å². The molecule has 1 aromatic carbocycles. The maximum atomic E-state index is 13.5. The van der Waals surface area contributed by atoms with Gasteiger partial charge < -0.3 is 10.1 Å². The summed E-state index contributed by atoms with van der Waals surface area (Å²) in [4.78, 5) is 12.2. The van der Waals surface area contributed by atoms with Crippen molar-refractivity contribution < 1.29 is 22.7 Å². The van der Waals surface area contributed by atoms with E-state index < -0.39 is 23.3 Å². The number of carbonyl (C=O) groups excluding carboxylic acids is 1. The van der Waals surface area contributed by atoms with Gasteiger partial charge >= 0.3 is 6.18 Å². The van der Waals surface area contributed by atoms with Crippen LogP contribution < -0.4 is 5.32 Å². The highest BCUT2D eigenvalue weighted by molar-refractivity contribution is 6.30. The van der Waals surface area contributed by atoms with Crippen LogP contribution in [0.2, 0.25) is 5.02 Å². The molecule has 1 aliphatic rings. The molecule has 0 unspecified atom stereocenters. The van der Waals surface area contributed by atoms with Gasteiger partial charge in [-0.05, 0) is 31.0 Å². The molecule has 2 aromatic rings. The van der Waals surface area contributed by atoms with Gasteiger partial charge in [-0.25, -0.2) is 4.68 Å². The van der Waals surface area contributed by atoms with E-state index in [1.54, 1.807) is 0 Å². The molecule has 25 heavy (non-hydrogen) atoms. The number of nitrogens with one attached hydrogen (secondary N) is 1. The Labute approximate surface area is 146 Å². The maximum Gasteiger partial charge on any atom is 0.434 e. The van der Waals surface area contributed by atoms with E-state index in [9.17, 15) is 18.0 Å². The lowest BCUT2D eigenvalue weighted by molar-refractivity contribution is -0.143. The Hall–Kier alpha value is -2.06. The number of rotatable bonds is 4. The van der Waals surface area contributed by atoms with Crippen molar-refractivity contribution >= 4 is 17.5 Å². The van der Waals surface area contributed by atoms with Gasteiger partial charge in [-0.2, -0.15) is 18.3 Å². The van der Waals surface area contributed by atoms with Crippen LogP contribution in [0.25, 0.3) is 5.69 Å². The van der Waals surface area contributed by atoms with Crippen LogP contribution in [0.4, 0.5) is 13.2 Å². The summed E-state index contributed by atoms with van der Waals surface area (Å²) < 4.78 is 46.6. The quantitative estimate of drug-likeness (QED) is 0.893.